The number of hydrogen-bond donors (Lipinski definition) is 1. The van der Waals surface area contributed by atoms with Crippen molar-refractivity contribution < 1.29 is 14.6 Å². The van der Waals surface area contributed by atoms with Crippen LogP contribution in [0.25, 0.3) is 0 Å². The molecule has 6 atom stereocenters. The standard InChI is InChI=1S/C22H34O3/c1-6-16-8-9-18-17(14(16)2)12-19(24)20-21(4,13-25-15(3)23)10-7-11-22(18,20)5/h6,17-20,24H,1,7-13H2,2-5H3/t17-,18-,19+,20-,21-,22+/m0/s1. The highest BCUT2D eigenvalue weighted by molar-refractivity contribution is 5.65. The summed E-state index contributed by atoms with van der Waals surface area (Å²) in [6, 6.07) is 0. The fourth-order valence-corrected chi connectivity index (χ4v) is 6.77. The lowest BCUT2D eigenvalue weighted by molar-refractivity contribution is -0.183. The maximum absolute atomic E-state index is 11.4. The molecule has 0 aromatic heterocycles. The molecule has 0 radical (unpaired) electrons. The molecule has 3 aliphatic rings. The van der Waals surface area contributed by atoms with Crippen LogP contribution in [0.1, 0.15) is 66.2 Å². The smallest absolute Gasteiger partial charge is 0.302 e. The molecule has 0 spiro atoms. The Labute approximate surface area is 152 Å². The number of allylic oxidation sites excluding steroid dienone is 3. The van der Waals surface area contributed by atoms with E-state index in [1.807, 2.05) is 6.08 Å². The summed E-state index contributed by atoms with van der Waals surface area (Å²) in [6.07, 6.45) is 8.16. The lowest BCUT2D eigenvalue weighted by atomic mass is 9.43. The van der Waals surface area contributed by atoms with Gasteiger partial charge in [0.05, 0.1) is 12.7 Å². The summed E-state index contributed by atoms with van der Waals surface area (Å²) in [5, 5.41) is 11.2. The summed E-state index contributed by atoms with van der Waals surface area (Å²) in [4.78, 5) is 11.4. The number of ether oxygens (including phenoxy) is 1. The maximum Gasteiger partial charge on any atom is 0.302 e. The molecule has 0 aromatic carbocycles. The van der Waals surface area contributed by atoms with E-state index >= 15 is 0 Å². The van der Waals surface area contributed by atoms with Crippen molar-refractivity contribution in [2.24, 2.45) is 28.6 Å². The Balaban J connectivity index is 1.95. The minimum Gasteiger partial charge on any atom is -0.465 e. The van der Waals surface area contributed by atoms with Crippen LogP contribution >= 0.6 is 0 Å². The van der Waals surface area contributed by atoms with E-state index < -0.39 is 0 Å². The van der Waals surface area contributed by atoms with E-state index in [0.717, 1.165) is 25.7 Å². The van der Waals surface area contributed by atoms with Crippen LogP contribution in [0.5, 0.6) is 0 Å². The van der Waals surface area contributed by atoms with Gasteiger partial charge in [-0.15, -0.1) is 0 Å². The first-order valence-corrected chi connectivity index (χ1v) is 9.86. The maximum atomic E-state index is 11.4. The van der Waals surface area contributed by atoms with E-state index in [4.69, 9.17) is 4.74 Å². The molecule has 2 fully saturated rings. The van der Waals surface area contributed by atoms with E-state index in [-0.39, 0.29) is 28.8 Å². The van der Waals surface area contributed by atoms with Crippen LogP contribution in [0.2, 0.25) is 0 Å². The zero-order chi connectivity index (χ0) is 18.4. The van der Waals surface area contributed by atoms with E-state index in [2.05, 4.69) is 27.4 Å². The predicted octanol–water partition coefficient (Wildman–Crippen LogP) is 4.66. The van der Waals surface area contributed by atoms with Gasteiger partial charge >= 0.3 is 5.97 Å². The van der Waals surface area contributed by atoms with Gasteiger partial charge in [0.2, 0.25) is 0 Å². The number of hydrogen-bond acceptors (Lipinski definition) is 3. The normalized spacial score (nSPS) is 43.9. The van der Waals surface area contributed by atoms with Gasteiger partial charge in [-0.3, -0.25) is 4.79 Å². The van der Waals surface area contributed by atoms with Gasteiger partial charge in [0.25, 0.3) is 0 Å². The van der Waals surface area contributed by atoms with Crippen molar-refractivity contribution in [3.8, 4) is 0 Å². The van der Waals surface area contributed by atoms with Gasteiger partial charge in [0.1, 0.15) is 0 Å². The van der Waals surface area contributed by atoms with Crippen molar-refractivity contribution in [1.29, 1.82) is 0 Å². The molecule has 0 amide bonds. The van der Waals surface area contributed by atoms with Gasteiger partial charge in [-0.05, 0) is 67.8 Å². The molecule has 25 heavy (non-hydrogen) atoms. The average molecular weight is 347 g/mol. The molecule has 140 valence electrons. The fourth-order valence-electron chi connectivity index (χ4n) is 6.77. The quantitative estimate of drug-likeness (QED) is 0.756. The second-order valence-electron chi connectivity index (χ2n) is 9.24. The molecule has 0 unspecified atom stereocenters. The number of carbonyl (C=O) groups excluding carboxylic acids is 1. The minimum absolute atomic E-state index is 0.115. The third-order valence-electron chi connectivity index (χ3n) is 7.78. The molecular formula is C22H34O3. The number of fused-ring (bicyclic) bond motifs is 3. The molecule has 0 aromatic rings. The van der Waals surface area contributed by atoms with Crippen molar-refractivity contribution in [2.75, 3.05) is 6.61 Å². The zero-order valence-corrected chi connectivity index (χ0v) is 16.3. The number of carbonyl (C=O) groups is 1. The molecular weight excluding hydrogens is 312 g/mol. The predicted molar refractivity (Wildman–Crippen MR) is 99.9 cm³/mol. The van der Waals surface area contributed by atoms with Gasteiger partial charge in [0, 0.05) is 12.3 Å². The van der Waals surface area contributed by atoms with Gasteiger partial charge in [-0.25, -0.2) is 0 Å². The van der Waals surface area contributed by atoms with Crippen molar-refractivity contribution in [1.82, 2.24) is 0 Å². The van der Waals surface area contributed by atoms with Crippen molar-refractivity contribution >= 4 is 5.97 Å². The first-order valence-electron chi connectivity index (χ1n) is 9.86. The van der Waals surface area contributed by atoms with Crippen LogP contribution in [0, 0.1) is 28.6 Å². The summed E-state index contributed by atoms with van der Waals surface area (Å²) in [5.41, 5.74) is 2.81. The highest BCUT2D eigenvalue weighted by Crippen LogP contribution is 2.64. The van der Waals surface area contributed by atoms with E-state index in [0.29, 0.717) is 18.4 Å². The summed E-state index contributed by atoms with van der Waals surface area (Å²) in [6.45, 7) is 12.8. The first-order chi connectivity index (χ1) is 11.7. The number of aliphatic hydroxyl groups excluding tert-OH is 1. The minimum atomic E-state index is -0.328. The van der Waals surface area contributed by atoms with E-state index in [9.17, 15) is 9.90 Å². The third kappa shape index (κ3) is 2.99. The first kappa shape index (κ1) is 18.7. The van der Waals surface area contributed by atoms with Gasteiger partial charge in [-0.1, -0.05) is 38.5 Å². The van der Waals surface area contributed by atoms with Crippen LogP contribution in [-0.4, -0.2) is 23.8 Å². The molecule has 0 aliphatic heterocycles. The zero-order valence-electron chi connectivity index (χ0n) is 16.3. The highest BCUT2D eigenvalue weighted by Gasteiger charge is 2.60. The summed E-state index contributed by atoms with van der Waals surface area (Å²) in [7, 11) is 0. The van der Waals surface area contributed by atoms with Crippen LogP contribution < -0.4 is 0 Å². The summed E-state index contributed by atoms with van der Waals surface area (Å²) in [5.74, 6) is 1.06. The Bertz CT molecular complexity index is 592. The van der Waals surface area contributed by atoms with Crippen molar-refractivity contribution in [3.05, 3.63) is 23.8 Å². The number of rotatable bonds is 3. The molecule has 2 saturated carbocycles. The second kappa shape index (κ2) is 6.57. The second-order valence-corrected chi connectivity index (χ2v) is 9.24. The highest BCUT2D eigenvalue weighted by atomic mass is 16.5. The number of aliphatic hydroxyl groups is 1. The molecule has 3 rings (SSSR count). The van der Waals surface area contributed by atoms with Crippen LogP contribution in [0.15, 0.2) is 23.8 Å². The Morgan fingerprint density at radius 1 is 1.40 bits per heavy atom. The summed E-state index contributed by atoms with van der Waals surface area (Å²) < 4.78 is 5.45. The topological polar surface area (TPSA) is 46.5 Å². The molecule has 3 aliphatic carbocycles. The van der Waals surface area contributed by atoms with E-state index in [1.54, 1.807) is 0 Å². The molecule has 0 heterocycles. The lowest BCUT2D eigenvalue weighted by Gasteiger charge is -2.62. The van der Waals surface area contributed by atoms with Crippen molar-refractivity contribution in [2.45, 2.75) is 72.3 Å². The van der Waals surface area contributed by atoms with Crippen molar-refractivity contribution in [3.63, 3.8) is 0 Å². The fraction of sp³-hybridized carbons (Fsp3) is 0.773. The molecule has 3 nitrogen and oxygen atoms in total. The Hall–Kier alpha value is -1.09. The lowest BCUT2D eigenvalue weighted by Crippen LogP contribution is -2.60. The number of esters is 1. The summed E-state index contributed by atoms with van der Waals surface area (Å²) >= 11 is 0. The SMILES string of the molecule is C=CC1=C(C)[C@@H]2C[C@@H](O)[C@H]3[C@](C)(COC(C)=O)CCC[C@]3(C)[C@H]2CC1. The van der Waals surface area contributed by atoms with Crippen LogP contribution in [-0.2, 0) is 9.53 Å². The largest absolute Gasteiger partial charge is 0.465 e. The molecule has 1 N–H and O–H groups in total. The Morgan fingerprint density at radius 3 is 2.76 bits per heavy atom. The molecule has 0 bridgehead atoms. The average Bonchev–Trinajstić information content (AvgIpc) is 2.54. The van der Waals surface area contributed by atoms with Gasteiger partial charge in [0.15, 0.2) is 0 Å². The monoisotopic (exact) mass is 346 g/mol. The Kier molecular flexibility index (Phi) is 4.91. The third-order valence-corrected chi connectivity index (χ3v) is 7.78. The van der Waals surface area contributed by atoms with Crippen LogP contribution in [0.4, 0.5) is 0 Å². The Morgan fingerprint density at radius 2 is 2.12 bits per heavy atom. The van der Waals surface area contributed by atoms with Crippen LogP contribution in [0.3, 0.4) is 0 Å². The van der Waals surface area contributed by atoms with Gasteiger partial charge < -0.3 is 9.84 Å². The molecule has 0 saturated heterocycles. The molecule has 3 heteroatoms. The van der Waals surface area contributed by atoms with E-state index in [1.165, 1.54) is 30.9 Å². The van der Waals surface area contributed by atoms with Gasteiger partial charge in [-0.2, -0.15) is 0 Å².